The van der Waals surface area contributed by atoms with E-state index in [0.29, 0.717) is 0 Å². The molecular formula is C15H34ClNO2. The predicted molar refractivity (Wildman–Crippen MR) is 86.3 cm³/mol. The van der Waals surface area contributed by atoms with Crippen LogP contribution in [0.3, 0.4) is 0 Å². The second-order valence-corrected chi connectivity index (χ2v) is 5.00. The first-order valence-electron chi connectivity index (χ1n) is 7.41. The summed E-state index contributed by atoms with van der Waals surface area (Å²) in [5, 5.41) is 11.4. The van der Waals surface area contributed by atoms with Gasteiger partial charge in [-0.3, -0.25) is 4.79 Å². The van der Waals surface area contributed by atoms with Crippen molar-refractivity contribution in [3.63, 3.8) is 0 Å². The smallest absolute Gasteiger partial charge is 0.306 e. The van der Waals surface area contributed by atoms with Crippen LogP contribution in [-0.2, 0) is 4.79 Å². The fourth-order valence-corrected chi connectivity index (χ4v) is 1.71. The van der Waals surface area contributed by atoms with Crippen molar-refractivity contribution in [2.45, 2.75) is 71.6 Å². The number of aliphatic carboxylic acids is 1. The Bertz CT molecular complexity index is 178. The van der Waals surface area contributed by atoms with E-state index in [4.69, 9.17) is 5.11 Å². The van der Waals surface area contributed by atoms with Crippen LogP contribution in [0.15, 0.2) is 0 Å². The van der Waals surface area contributed by atoms with E-state index in [9.17, 15) is 4.79 Å². The van der Waals surface area contributed by atoms with Gasteiger partial charge in [0.25, 0.3) is 0 Å². The van der Waals surface area contributed by atoms with E-state index >= 15 is 0 Å². The van der Waals surface area contributed by atoms with Gasteiger partial charge in [0.1, 0.15) is 0 Å². The molecule has 0 rings (SSSR count). The van der Waals surface area contributed by atoms with E-state index in [0.717, 1.165) is 12.8 Å². The molecule has 0 aromatic rings. The molecule has 0 saturated heterocycles. The van der Waals surface area contributed by atoms with Crippen molar-refractivity contribution in [1.82, 2.24) is 5.32 Å². The third-order valence-corrected chi connectivity index (χ3v) is 2.91. The lowest BCUT2D eigenvalue weighted by Crippen LogP contribution is -2.08. The van der Waals surface area contributed by atoms with E-state index < -0.39 is 5.97 Å². The lowest BCUT2D eigenvalue weighted by atomic mass is 10.0. The Morgan fingerprint density at radius 1 is 1.00 bits per heavy atom. The molecule has 0 aliphatic rings. The third-order valence-electron chi connectivity index (χ3n) is 2.91. The average Bonchev–Trinajstić information content (AvgIpc) is 2.33. The molecule has 118 valence electrons. The van der Waals surface area contributed by atoms with E-state index in [2.05, 4.69) is 12.2 Å². The second-order valence-electron chi connectivity index (χ2n) is 5.00. The molecule has 0 aliphatic carbocycles. The van der Waals surface area contributed by atoms with Crippen LogP contribution in [0.2, 0.25) is 0 Å². The summed E-state index contributed by atoms with van der Waals surface area (Å²) >= 11 is 0. The van der Waals surface area contributed by atoms with Gasteiger partial charge in [0.2, 0.25) is 0 Å². The van der Waals surface area contributed by atoms with Gasteiger partial charge >= 0.3 is 5.97 Å². The first-order chi connectivity index (χ1) is 8.59. The molecule has 4 heteroatoms. The van der Waals surface area contributed by atoms with Crippen molar-refractivity contribution < 1.29 is 9.90 Å². The normalized spacial score (nSPS) is 10.9. The molecule has 0 aromatic carbocycles. The van der Waals surface area contributed by atoms with E-state index in [1.165, 1.54) is 44.9 Å². The van der Waals surface area contributed by atoms with Gasteiger partial charge in [-0.25, -0.2) is 0 Å². The van der Waals surface area contributed by atoms with Crippen LogP contribution in [0.1, 0.15) is 71.6 Å². The van der Waals surface area contributed by atoms with Gasteiger partial charge in [-0.2, -0.15) is 0 Å². The lowest BCUT2D eigenvalue weighted by molar-refractivity contribution is -0.141. The molecule has 1 atom stereocenters. The summed E-state index contributed by atoms with van der Waals surface area (Å²) in [4.78, 5) is 10.5. The van der Waals surface area contributed by atoms with Crippen LogP contribution in [0.25, 0.3) is 0 Å². The second kappa shape index (κ2) is 20.0. The minimum absolute atomic E-state index is 0. The minimum atomic E-state index is -0.655. The number of rotatable bonds is 10. The predicted octanol–water partition coefficient (Wildman–Crippen LogP) is 4.50. The monoisotopic (exact) mass is 295 g/mol. The summed E-state index contributed by atoms with van der Waals surface area (Å²) in [5.74, 6) is -0.817. The number of nitrogens with one attached hydrogen (secondary N) is 1. The first kappa shape index (κ1) is 23.8. The maximum atomic E-state index is 10.5. The molecule has 0 aromatic heterocycles. The quantitative estimate of drug-likeness (QED) is 0.584. The molecular weight excluding hydrogens is 262 g/mol. The van der Waals surface area contributed by atoms with Crippen molar-refractivity contribution in [3.05, 3.63) is 0 Å². The van der Waals surface area contributed by atoms with Gasteiger partial charge in [-0.1, -0.05) is 65.2 Å². The molecule has 0 saturated carbocycles. The number of unbranched alkanes of at least 4 members (excludes halogenated alkanes) is 7. The Kier molecular flexibility index (Phi) is 25.1. The zero-order valence-corrected chi connectivity index (χ0v) is 14.0. The van der Waals surface area contributed by atoms with Gasteiger partial charge in [0.05, 0.1) is 5.92 Å². The molecule has 3 nitrogen and oxygen atoms in total. The van der Waals surface area contributed by atoms with E-state index in [1.54, 1.807) is 6.92 Å². The molecule has 0 aliphatic heterocycles. The highest BCUT2D eigenvalue weighted by atomic mass is 35.5. The Morgan fingerprint density at radius 2 is 1.37 bits per heavy atom. The number of carbonyl (C=O) groups is 1. The summed E-state index contributed by atoms with van der Waals surface area (Å²) in [6.07, 6.45) is 11.1. The van der Waals surface area contributed by atoms with Gasteiger partial charge in [-0.05, 0) is 20.5 Å². The molecule has 0 bridgehead atoms. The molecule has 2 N–H and O–H groups in total. The van der Waals surface area contributed by atoms with Crippen LogP contribution >= 0.6 is 12.4 Å². The topological polar surface area (TPSA) is 49.3 Å². The molecule has 0 amide bonds. The lowest BCUT2D eigenvalue weighted by Gasteiger charge is -2.05. The molecule has 0 radical (unpaired) electrons. The highest BCUT2D eigenvalue weighted by Crippen LogP contribution is 2.12. The van der Waals surface area contributed by atoms with Crippen LogP contribution < -0.4 is 5.32 Å². The zero-order chi connectivity index (χ0) is 14.2. The standard InChI is InChI=1S/C13H26O2.C2H7N.ClH/c1-3-4-5-6-7-8-9-10-11-12(2)13(14)15;1-3-2;/h12H,3-11H2,1-2H3,(H,14,15);3H,1-2H3;1H. The molecule has 0 fully saturated rings. The molecule has 19 heavy (non-hydrogen) atoms. The number of carboxylic acids is 1. The zero-order valence-electron chi connectivity index (χ0n) is 13.2. The van der Waals surface area contributed by atoms with Crippen molar-refractivity contribution in [3.8, 4) is 0 Å². The summed E-state index contributed by atoms with van der Waals surface area (Å²) < 4.78 is 0. The maximum Gasteiger partial charge on any atom is 0.306 e. The van der Waals surface area contributed by atoms with Crippen LogP contribution in [0.5, 0.6) is 0 Å². The fourth-order valence-electron chi connectivity index (χ4n) is 1.71. The Hall–Kier alpha value is -0.280. The van der Waals surface area contributed by atoms with Crippen LogP contribution in [-0.4, -0.2) is 25.2 Å². The number of hydrogen-bond acceptors (Lipinski definition) is 2. The number of halogens is 1. The molecule has 1 unspecified atom stereocenters. The van der Waals surface area contributed by atoms with E-state index in [1.807, 2.05) is 14.1 Å². The highest BCUT2D eigenvalue weighted by molar-refractivity contribution is 5.85. The minimum Gasteiger partial charge on any atom is -0.481 e. The Balaban J connectivity index is -0.000000580. The van der Waals surface area contributed by atoms with Crippen molar-refractivity contribution >= 4 is 18.4 Å². The van der Waals surface area contributed by atoms with E-state index in [-0.39, 0.29) is 18.3 Å². The molecule has 0 heterocycles. The van der Waals surface area contributed by atoms with Gasteiger partial charge in [0, 0.05) is 0 Å². The van der Waals surface area contributed by atoms with Crippen LogP contribution in [0, 0.1) is 5.92 Å². The fraction of sp³-hybridized carbons (Fsp3) is 0.933. The van der Waals surface area contributed by atoms with Gasteiger partial charge < -0.3 is 10.4 Å². The Morgan fingerprint density at radius 3 is 1.74 bits per heavy atom. The van der Waals surface area contributed by atoms with Crippen molar-refractivity contribution in [1.29, 1.82) is 0 Å². The summed E-state index contributed by atoms with van der Waals surface area (Å²) in [5.41, 5.74) is 0. The van der Waals surface area contributed by atoms with Crippen molar-refractivity contribution in [2.75, 3.05) is 14.1 Å². The average molecular weight is 296 g/mol. The number of carboxylic acid groups (broad SMARTS) is 1. The number of hydrogen-bond donors (Lipinski definition) is 2. The summed E-state index contributed by atoms with van der Waals surface area (Å²) in [6.45, 7) is 4.02. The summed E-state index contributed by atoms with van der Waals surface area (Å²) in [7, 11) is 3.75. The van der Waals surface area contributed by atoms with Crippen molar-refractivity contribution in [2.24, 2.45) is 5.92 Å². The van der Waals surface area contributed by atoms with Gasteiger partial charge in [0.15, 0.2) is 0 Å². The van der Waals surface area contributed by atoms with Crippen LogP contribution in [0.4, 0.5) is 0 Å². The highest BCUT2D eigenvalue weighted by Gasteiger charge is 2.09. The Labute approximate surface area is 126 Å². The van der Waals surface area contributed by atoms with Gasteiger partial charge in [-0.15, -0.1) is 12.4 Å². The maximum absolute atomic E-state index is 10.5. The molecule has 0 spiro atoms. The SMILES string of the molecule is CCCCCCCCCCC(C)C(=O)O.CNC.Cl. The largest absolute Gasteiger partial charge is 0.481 e. The first-order valence-corrected chi connectivity index (χ1v) is 7.41. The third kappa shape index (κ3) is 23.3. The summed E-state index contributed by atoms with van der Waals surface area (Å²) in [6, 6.07) is 0.